The zero-order valence-corrected chi connectivity index (χ0v) is 30.8. The molecule has 2 heteroatoms. The van der Waals surface area contributed by atoms with Crippen molar-refractivity contribution in [2.75, 3.05) is 0 Å². The van der Waals surface area contributed by atoms with Crippen LogP contribution in [0.5, 0.6) is 11.5 Å². The molecule has 0 bridgehead atoms. The van der Waals surface area contributed by atoms with Gasteiger partial charge in [0, 0.05) is 20.9 Å². The highest BCUT2D eigenvalue weighted by molar-refractivity contribution is 7.18. The summed E-state index contributed by atoms with van der Waals surface area (Å²) in [5.74, 6) is 1.83. The van der Waals surface area contributed by atoms with E-state index in [4.69, 9.17) is 4.74 Å². The van der Waals surface area contributed by atoms with Gasteiger partial charge in [0.2, 0.25) is 0 Å². The lowest BCUT2D eigenvalue weighted by molar-refractivity contribution is 0.436. The lowest BCUT2D eigenvalue weighted by Gasteiger charge is -2.39. The largest absolute Gasteiger partial charge is 0.457 e. The Hall–Kier alpha value is -6.74. The minimum atomic E-state index is -0.442. The van der Waals surface area contributed by atoms with Crippen molar-refractivity contribution in [1.29, 1.82) is 0 Å². The maximum Gasteiger partial charge on any atom is 0.132 e. The first-order valence-corrected chi connectivity index (χ1v) is 19.6. The molecule has 0 unspecified atom stereocenters. The maximum absolute atomic E-state index is 6.78. The second-order valence-corrected chi connectivity index (χ2v) is 15.5. The first-order chi connectivity index (χ1) is 27.3. The molecule has 0 amide bonds. The van der Waals surface area contributed by atoms with Crippen molar-refractivity contribution in [3.63, 3.8) is 0 Å². The Kier molecular flexibility index (Phi) is 7.33. The molecule has 0 atom stereocenters. The van der Waals surface area contributed by atoms with E-state index >= 15 is 0 Å². The van der Waals surface area contributed by atoms with Crippen molar-refractivity contribution in [3.05, 3.63) is 229 Å². The van der Waals surface area contributed by atoms with Crippen molar-refractivity contribution >= 4 is 11.3 Å². The van der Waals surface area contributed by atoms with Crippen molar-refractivity contribution in [1.82, 2.24) is 0 Å². The van der Waals surface area contributed by atoms with Gasteiger partial charge in [0.1, 0.15) is 11.5 Å². The number of thiophene rings is 1. The Morgan fingerprint density at radius 1 is 0.291 bits per heavy atom. The van der Waals surface area contributed by atoms with Crippen LogP contribution < -0.4 is 4.74 Å². The van der Waals surface area contributed by atoms with Gasteiger partial charge in [-0.15, -0.1) is 11.3 Å². The smallest absolute Gasteiger partial charge is 0.132 e. The second kappa shape index (κ2) is 12.7. The quantitative estimate of drug-likeness (QED) is 0.172. The van der Waals surface area contributed by atoms with Gasteiger partial charge >= 0.3 is 0 Å². The van der Waals surface area contributed by atoms with Crippen LogP contribution >= 0.6 is 11.3 Å². The monoisotopic (exact) mass is 718 g/mol. The number of rotatable bonds is 5. The molecule has 1 aliphatic heterocycles. The molecule has 1 aromatic heterocycles. The van der Waals surface area contributed by atoms with E-state index in [1.807, 2.05) is 11.3 Å². The third-order valence-corrected chi connectivity index (χ3v) is 12.6. The molecular formula is C53H34OS. The molecule has 0 radical (unpaired) electrons. The Balaban J connectivity index is 0.940. The Morgan fingerprint density at radius 2 is 0.800 bits per heavy atom. The highest BCUT2D eigenvalue weighted by Gasteiger charge is 2.50. The first kappa shape index (κ1) is 31.8. The topological polar surface area (TPSA) is 9.23 Å². The molecule has 1 spiro atoms. The fourth-order valence-electron chi connectivity index (χ4n) is 8.94. The predicted octanol–water partition coefficient (Wildman–Crippen LogP) is 14.6. The average molecular weight is 719 g/mol. The van der Waals surface area contributed by atoms with Gasteiger partial charge in [-0.3, -0.25) is 0 Å². The van der Waals surface area contributed by atoms with Crippen LogP contribution in [0.2, 0.25) is 0 Å². The summed E-state index contributed by atoms with van der Waals surface area (Å²) in [5.41, 5.74) is 16.8. The molecule has 2 heterocycles. The molecule has 0 fully saturated rings. The molecule has 11 rings (SSSR count). The fourth-order valence-corrected chi connectivity index (χ4v) is 9.95. The van der Waals surface area contributed by atoms with Gasteiger partial charge in [0.25, 0.3) is 0 Å². The van der Waals surface area contributed by atoms with Crippen LogP contribution in [0.25, 0.3) is 65.4 Å². The highest BCUT2D eigenvalue weighted by Crippen LogP contribution is 2.62. The van der Waals surface area contributed by atoms with E-state index in [1.54, 1.807) is 0 Å². The van der Waals surface area contributed by atoms with Gasteiger partial charge in [-0.25, -0.2) is 0 Å². The molecular weight excluding hydrogens is 685 g/mol. The van der Waals surface area contributed by atoms with Crippen LogP contribution in [0.4, 0.5) is 0 Å². The number of fused-ring (bicyclic) bond motifs is 9. The van der Waals surface area contributed by atoms with Gasteiger partial charge in [-0.05, 0) is 97.1 Å². The Morgan fingerprint density at radius 3 is 1.49 bits per heavy atom. The first-order valence-electron chi connectivity index (χ1n) is 18.8. The normalized spacial score (nSPS) is 13.0. The predicted molar refractivity (Wildman–Crippen MR) is 229 cm³/mol. The Labute approximate surface area is 325 Å². The number of ether oxygens (including phenoxy) is 1. The van der Waals surface area contributed by atoms with Gasteiger partial charge < -0.3 is 4.74 Å². The van der Waals surface area contributed by atoms with E-state index in [9.17, 15) is 0 Å². The van der Waals surface area contributed by atoms with Crippen LogP contribution in [0.15, 0.2) is 206 Å². The summed E-state index contributed by atoms with van der Waals surface area (Å²) < 4.78 is 6.78. The number of hydrogen-bond acceptors (Lipinski definition) is 2. The molecule has 0 N–H and O–H groups in total. The van der Waals surface area contributed by atoms with Crippen LogP contribution in [0.3, 0.4) is 0 Å². The summed E-state index contributed by atoms with van der Waals surface area (Å²) in [4.78, 5) is 2.46. The van der Waals surface area contributed by atoms with E-state index in [0.717, 1.165) is 17.1 Å². The summed E-state index contributed by atoms with van der Waals surface area (Å²) in [6.07, 6.45) is 0. The second-order valence-electron chi connectivity index (χ2n) is 14.4. The minimum absolute atomic E-state index is 0.442. The summed E-state index contributed by atoms with van der Waals surface area (Å²) in [5, 5.41) is 0. The van der Waals surface area contributed by atoms with Gasteiger partial charge in [0.15, 0.2) is 0 Å². The lowest BCUT2D eigenvalue weighted by Crippen LogP contribution is -2.32. The molecule has 2 aliphatic rings. The average Bonchev–Trinajstić information content (AvgIpc) is 3.87. The molecule has 9 aromatic rings. The maximum atomic E-state index is 6.78. The number of benzene rings is 8. The van der Waals surface area contributed by atoms with E-state index < -0.39 is 5.41 Å². The zero-order chi connectivity index (χ0) is 36.3. The number of para-hydroxylation sites is 1. The third-order valence-electron chi connectivity index (χ3n) is 11.4. The molecule has 55 heavy (non-hydrogen) atoms. The van der Waals surface area contributed by atoms with Crippen LogP contribution in [0, 0.1) is 0 Å². The van der Waals surface area contributed by atoms with E-state index in [1.165, 1.54) is 82.1 Å². The minimum Gasteiger partial charge on any atom is -0.457 e. The molecule has 1 nitrogen and oxygen atoms in total. The molecule has 1 aliphatic carbocycles. The van der Waals surface area contributed by atoms with Crippen LogP contribution in [-0.4, -0.2) is 0 Å². The Bertz CT molecular complexity index is 2840. The molecule has 8 aromatic carbocycles. The third kappa shape index (κ3) is 4.99. The van der Waals surface area contributed by atoms with Crippen molar-refractivity contribution in [2.45, 2.75) is 5.41 Å². The zero-order valence-electron chi connectivity index (χ0n) is 29.9. The molecule has 0 saturated heterocycles. The van der Waals surface area contributed by atoms with Crippen molar-refractivity contribution in [2.24, 2.45) is 0 Å². The van der Waals surface area contributed by atoms with Crippen molar-refractivity contribution < 1.29 is 4.74 Å². The van der Waals surface area contributed by atoms with Gasteiger partial charge in [-0.1, -0.05) is 176 Å². The van der Waals surface area contributed by atoms with Crippen molar-refractivity contribution in [3.8, 4) is 76.9 Å². The fraction of sp³-hybridized carbons (Fsp3) is 0.0189. The SMILES string of the molecule is c1ccc(-c2ccc(-c3ccc(-c4ccc(-c5ccc6c(c5)Oc5ccccc5C65c6ccccc6-c6ccccc65)s4)cc3)cc2-c2ccccc2)cc1. The summed E-state index contributed by atoms with van der Waals surface area (Å²) in [6, 6.07) is 74.9. The van der Waals surface area contributed by atoms with E-state index in [-0.39, 0.29) is 0 Å². The molecule has 0 saturated carbocycles. The van der Waals surface area contributed by atoms with E-state index in [0.29, 0.717) is 0 Å². The lowest BCUT2D eigenvalue weighted by atomic mass is 9.66. The van der Waals surface area contributed by atoms with Crippen LogP contribution in [-0.2, 0) is 5.41 Å². The molecule has 258 valence electrons. The van der Waals surface area contributed by atoms with Gasteiger partial charge in [0.05, 0.1) is 5.41 Å². The summed E-state index contributed by atoms with van der Waals surface area (Å²) in [7, 11) is 0. The number of hydrogen-bond donors (Lipinski definition) is 0. The summed E-state index contributed by atoms with van der Waals surface area (Å²) in [6.45, 7) is 0. The van der Waals surface area contributed by atoms with Crippen LogP contribution in [0.1, 0.15) is 22.3 Å². The van der Waals surface area contributed by atoms with E-state index in [2.05, 4.69) is 206 Å². The highest BCUT2D eigenvalue weighted by atomic mass is 32.1. The van der Waals surface area contributed by atoms with Gasteiger partial charge in [-0.2, -0.15) is 0 Å². The standard InChI is InChI=1S/C53H34OS/c1-3-13-36(14-4-1)41-29-27-39(33-44(41)37-15-5-2-6-16-37)35-23-25-38(26-24-35)51-31-32-52(55-51)40-28-30-48-50(34-40)54-49-22-12-11-21-47(49)53(48)45-19-9-7-17-42(45)43-18-8-10-20-46(43)53/h1-34H. The summed E-state index contributed by atoms with van der Waals surface area (Å²) >= 11 is 1.82.